The van der Waals surface area contributed by atoms with E-state index in [2.05, 4.69) is 52.0 Å². The highest BCUT2D eigenvalue weighted by Crippen LogP contribution is 2.51. The Balaban J connectivity index is 2.19. The van der Waals surface area contributed by atoms with Crippen molar-refractivity contribution in [2.24, 2.45) is 5.92 Å². The van der Waals surface area contributed by atoms with Crippen LogP contribution in [0.25, 0.3) is 0 Å². The fraction of sp³-hybridized carbons (Fsp3) is 0.529. The summed E-state index contributed by atoms with van der Waals surface area (Å²) in [6, 6.07) is 6.43. The molecule has 1 aliphatic heterocycles. The first-order valence-corrected chi connectivity index (χ1v) is 6.95. The van der Waals surface area contributed by atoms with E-state index in [0.717, 1.165) is 5.75 Å². The molecule has 1 heterocycles. The SMILES string of the molecule is CC1=CC2c3c(C)cccc3OC(C)(C)[C@@H]2CC1. The first kappa shape index (κ1) is 11.8. The highest BCUT2D eigenvalue weighted by Gasteiger charge is 2.44. The molecule has 0 amide bonds. The Bertz CT molecular complexity index is 510. The third-order valence-corrected chi connectivity index (χ3v) is 4.63. The van der Waals surface area contributed by atoms with E-state index in [0.29, 0.717) is 11.8 Å². The Kier molecular flexibility index (Phi) is 2.55. The lowest BCUT2D eigenvalue weighted by atomic mass is 9.67. The molecule has 0 N–H and O–H groups in total. The van der Waals surface area contributed by atoms with E-state index in [1.165, 1.54) is 29.5 Å². The van der Waals surface area contributed by atoms with E-state index in [9.17, 15) is 0 Å². The highest BCUT2D eigenvalue weighted by molar-refractivity contribution is 5.48. The van der Waals surface area contributed by atoms with E-state index in [1.54, 1.807) is 0 Å². The number of fused-ring (bicyclic) bond motifs is 3. The van der Waals surface area contributed by atoms with Gasteiger partial charge in [-0.3, -0.25) is 0 Å². The van der Waals surface area contributed by atoms with Crippen LogP contribution in [0.5, 0.6) is 5.75 Å². The van der Waals surface area contributed by atoms with E-state index in [-0.39, 0.29) is 5.60 Å². The molecule has 0 fully saturated rings. The van der Waals surface area contributed by atoms with Gasteiger partial charge in [0.05, 0.1) is 0 Å². The molecule has 96 valence electrons. The number of aryl methyl sites for hydroxylation is 1. The van der Waals surface area contributed by atoms with Crippen LogP contribution in [0.3, 0.4) is 0 Å². The van der Waals surface area contributed by atoms with Crippen LogP contribution in [0.1, 0.15) is 50.7 Å². The number of rotatable bonds is 0. The molecule has 3 rings (SSSR count). The van der Waals surface area contributed by atoms with Crippen molar-refractivity contribution in [3.05, 3.63) is 41.0 Å². The molecular weight excluding hydrogens is 220 g/mol. The molecule has 1 aromatic rings. The van der Waals surface area contributed by atoms with Crippen LogP contribution in [-0.4, -0.2) is 5.60 Å². The normalized spacial score (nSPS) is 28.8. The minimum absolute atomic E-state index is 0.0529. The second-order valence-corrected chi connectivity index (χ2v) is 6.38. The number of ether oxygens (including phenoxy) is 1. The second kappa shape index (κ2) is 3.88. The van der Waals surface area contributed by atoms with Gasteiger partial charge in [0, 0.05) is 17.4 Å². The van der Waals surface area contributed by atoms with Gasteiger partial charge >= 0.3 is 0 Å². The zero-order valence-corrected chi connectivity index (χ0v) is 11.8. The Morgan fingerprint density at radius 2 is 2.00 bits per heavy atom. The Morgan fingerprint density at radius 3 is 2.78 bits per heavy atom. The summed E-state index contributed by atoms with van der Waals surface area (Å²) in [7, 11) is 0. The van der Waals surface area contributed by atoms with E-state index in [4.69, 9.17) is 4.74 Å². The maximum absolute atomic E-state index is 6.28. The zero-order valence-electron chi connectivity index (χ0n) is 11.8. The van der Waals surface area contributed by atoms with Crippen LogP contribution in [0.15, 0.2) is 29.8 Å². The van der Waals surface area contributed by atoms with Crippen molar-refractivity contribution < 1.29 is 4.74 Å². The summed E-state index contributed by atoms with van der Waals surface area (Å²) in [5, 5.41) is 0. The topological polar surface area (TPSA) is 9.23 Å². The van der Waals surface area contributed by atoms with Gasteiger partial charge < -0.3 is 4.74 Å². The molecule has 0 aromatic heterocycles. The molecule has 0 spiro atoms. The molecule has 1 unspecified atom stereocenters. The quantitative estimate of drug-likeness (QED) is 0.604. The van der Waals surface area contributed by atoms with Gasteiger partial charge in [-0.05, 0) is 52.2 Å². The van der Waals surface area contributed by atoms with Crippen LogP contribution in [0, 0.1) is 12.8 Å². The third kappa shape index (κ3) is 1.68. The molecule has 2 aliphatic rings. The standard InChI is InChI=1S/C17H22O/c1-11-8-9-14-13(10-11)16-12(2)6-5-7-15(16)18-17(14,3)4/h5-7,10,13-14H,8-9H2,1-4H3/t13?,14-/m1/s1. The number of benzene rings is 1. The second-order valence-electron chi connectivity index (χ2n) is 6.38. The lowest BCUT2D eigenvalue weighted by molar-refractivity contribution is 0.0114. The average Bonchev–Trinajstić information content (AvgIpc) is 2.27. The lowest BCUT2D eigenvalue weighted by Gasteiger charge is -2.46. The molecule has 1 nitrogen and oxygen atoms in total. The van der Waals surface area contributed by atoms with Gasteiger partial charge in [0.2, 0.25) is 0 Å². The largest absolute Gasteiger partial charge is 0.487 e. The summed E-state index contributed by atoms with van der Waals surface area (Å²) >= 11 is 0. The molecule has 0 bridgehead atoms. The van der Waals surface area contributed by atoms with Crippen molar-refractivity contribution in [2.75, 3.05) is 0 Å². The predicted octanol–water partition coefficient (Wildman–Crippen LogP) is 4.61. The van der Waals surface area contributed by atoms with Gasteiger partial charge in [0.15, 0.2) is 0 Å². The molecule has 0 saturated carbocycles. The van der Waals surface area contributed by atoms with Gasteiger partial charge in [-0.1, -0.05) is 23.8 Å². The predicted molar refractivity (Wildman–Crippen MR) is 75.1 cm³/mol. The Morgan fingerprint density at radius 1 is 1.22 bits per heavy atom. The van der Waals surface area contributed by atoms with Crippen LogP contribution in [0.4, 0.5) is 0 Å². The number of hydrogen-bond donors (Lipinski definition) is 0. The van der Waals surface area contributed by atoms with Crippen LogP contribution in [0.2, 0.25) is 0 Å². The summed E-state index contributed by atoms with van der Waals surface area (Å²) in [6.45, 7) is 8.95. The first-order valence-electron chi connectivity index (χ1n) is 6.95. The van der Waals surface area contributed by atoms with Crippen LogP contribution in [-0.2, 0) is 0 Å². The van der Waals surface area contributed by atoms with Crippen LogP contribution >= 0.6 is 0 Å². The fourth-order valence-corrected chi connectivity index (χ4v) is 3.66. The van der Waals surface area contributed by atoms with Crippen molar-refractivity contribution in [3.63, 3.8) is 0 Å². The Hall–Kier alpha value is -1.24. The molecule has 1 aliphatic carbocycles. The molecule has 18 heavy (non-hydrogen) atoms. The molecule has 2 atom stereocenters. The van der Waals surface area contributed by atoms with Gasteiger partial charge in [-0.25, -0.2) is 0 Å². The summed E-state index contributed by atoms with van der Waals surface area (Å²) < 4.78 is 6.28. The summed E-state index contributed by atoms with van der Waals surface area (Å²) in [5.41, 5.74) is 4.26. The number of allylic oxidation sites excluding steroid dienone is 2. The maximum atomic E-state index is 6.28. The van der Waals surface area contributed by atoms with Crippen LogP contribution < -0.4 is 4.74 Å². The average molecular weight is 242 g/mol. The number of hydrogen-bond acceptors (Lipinski definition) is 1. The Labute approximate surface area is 110 Å². The molecule has 1 heteroatoms. The van der Waals surface area contributed by atoms with Crippen molar-refractivity contribution >= 4 is 0 Å². The monoisotopic (exact) mass is 242 g/mol. The minimum Gasteiger partial charge on any atom is -0.487 e. The summed E-state index contributed by atoms with van der Waals surface area (Å²) in [5.74, 6) is 2.24. The lowest BCUT2D eigenvalue weighted by Crippen LogP contribution is -2.45. The molecule has 0 saturated heterocycles. The first-order chi connectivity index (χ1) is 8.49. The van der Waals surface area contributed by atoms with Crippen molar-refractivity contribution in [1.82, 2.24) is 0 Å². The molecule has 1 aromatic carbocycles. The summed E-state index contributed by atoms with van der Waals surface area (Å²) in [4.78, 5) is 0. The van der Waals surface area contributed by atoms with Crippen molar-refractivity contribution in [2.45, 2.75) is 52.1 Å². The van der Waals surface area contributed by atoms with Crippen molar-refractivity contribution in [1.29, 1.82) is 0 Å². The third-order valence-electron chi connectivity index (χ3n) is 4.63. The zero-order chi connectivity index (χ0) is 12.9. The van der Waals surface area contributed by atoms with E-state index in [1.807, 2.05) is 0 Å². The van der Waals surface area contributed by atoms with Gasteiger partial charge in [-0.2, -0.15) is 0 Å². The van der Waals surface area contributed by atoms with E-state index < -0.39 is 0 Å². The van der Waals surface area contributed by atoms with Crippen molar-refractivity contribution in [3.8, 4) is 5.75 Å². The molecular formula is C17H22O. The minimum atomic E-state index is -0.0529. The highest BCUT2D eigenvalue weighted by atomic mass is 16.5. The van der Waals surface area contributed by atoms with E-state index >= 15 is 0 Å². The summed E-state index contributed by atoms with van der Waals surface area (Å²) in [6.07, 6.45) is 4.94. The fourth-order valence-electron chi connectivity index (χ4n) is 3.66. The molecule has 0 radical (unpaired) electrons. The van der Waals surface area contributed by atoms with Gasteiger partial charge in [-0.15, -0.1) is 0 Å². The maximum Gasteiger partial charge on any atom is 0.124 e. The smallest absolute Gasteiger partial charge is 0.124 e. The van der Waals surface area contributed by atoms with Gasteiger partial charge in [0.1, 0.15) is 11.4 Å². The van der Waals surface area contributed by atoms with Gasteiger partial charge in [0.25, 0.3) is 0 Å².